The summed E-state index contributed by atoms with van der Waals surface area (Å²) in [7, 11) is 0. The molecule has 0 aliphatic heterocycles. The van der Waals surface area contributed by atoms with Crippen molar-refractivity contribution in [1.82, 2.24) is 15.0 Å². The molecular weight excluding hydrogens is 294 g/mol. The van der Waals surface area contributed by atoms with Gasteiger partial charge in [-0.05, 0) is 47.2 Å². The van der Waals surface area contributed by atoms with Crippen LogP contribution in [0.1, 0.15) is 43.2 Å². The molecule has 0 spiro atoms. The molecule has 122 valence electrons. The number of nitrogens with zero attached hydrogens (tertiary/aromatic N) is 3. The van der Waals surface area contributed by atoms with Crippen molar-refractivity contribution in [2.75, 3.05) is 0 Å². The predicted molar refractivity (Wildman–Crippen MR) is 97.9 cm³/mol. The van der Waals surface area contributed by atoms with E-state index < -0.39 is 0 Å². The number of aromatic nitrogens is 3. The van der Waals surface area contributed by atoms with Crippen LogP contribution in [0, 0.1) is 6.92 Å². The van der Waals surface area contributed by atoms with Gasteiger partial charge in [-0.3, -0.25) is 4.98 Å². The molecule has 3 nitrogen and oxygen atoms in total. The first kappa shape index (κ1) is 16.3. The van der Waals surface area contributed by atoms with Crippen LogP contribution in [-0.2, 0) is 11.8 Å². The summed E-state index contributed by atoms with van der Waals surface area (Å²) < 4.78 is 0. The van der Waals surface area contributed by atoms with Crippen molar-refractivity contribution in [2.45, 2.75) is 39.5 Å². The molecule has 0 N–H and O–H groups in total. The van der Waals surface area contributed by atoms with Gasteiger partial charge in [0.2, 0.25) is 0 Å². The number of benzene rings is 1. The molecule has 0 amide bonds. The van der Waals surface area contributed by atoms with Gasteiger partial charge in [0.05, 0.1) is 0 Å². The lowest BCUT2D eigenvalue weighted by molar-refractivity contribution is 0.589. The summed E-state index contributed by atoms with van der Waals surface area (Å²) in [5.41, 5.74) is 6.12. The predicted octanol–water partition coefficient (Wildman–Crippen LogP) is 4.74. The smallest absolute Gasteiger partial charge is 0.160 e. The number of rotatable bonds is 3. The zero-order chi connectivity index (χ0) is 17.2. The minimum absolute atomic E-state index is 0.172. The van der Waals surface area contributed by atoms with E-state index in [0.29, 0.717) is 0 Å². The van der Waals surface area contributed by atoms with Gasteiger partial charge in [0.25, 0.3) is 0 Å². The SMILES string of the molecule is Cc1cc(C(C)(C)C)ccc1Cc1ccnc(-c2cccnc2)n1. The summed E-state index contributed by atoms with van der Waals surface area (Å²) in [5, 5.41) is 0. The molecule has 3 rings (SSSR count). The molecule has 3 heteroatoms. The second-order valence-electron chi connectivity index (χ2n) is 7.18. The Morgan fingerprint density at radius 2 is 1.83 bits per heavy atom. The molecule has 2 heterocycles. The second kappa shape index (κ2) is 6.52. The van der Waals surface area contributed by atoms with E-state index in [-0.39, 0.29) is 5.41 Å². The number of hydrogen-bond donors (Lipinski definition) is 0. The molecule has 24 heavy (non-hydrogen) atoms. The Balaban J connectivity index is 1.87. The highest BCUT2D eigenvalue weighted by atomic mass is 14.9. The fourth-order valence-corrected chi connectivity index (χ4v) is 2.68. The molecule has 0 aliphatic carbocycles. The zero-order valence-corrected chi connectivity index (χ0v) is 14.7. The van der Waals surface area contributed by atoms with Crippen LogP contribution in [0.15, 0.2) is 55.0 Å². The zero-order valence-electron chi connectivity index (χ0n) is 14.7. The average Bonchev–Trinajstić information content (AvgIpc) is 2.57. The summed E-state index contributed by atoms with van der Waals surface area (Å²) in [5.74, 6) is 0.726. The van der Waals surface area contributed by atoms with Gasteiger partial charge in [-0.15, -0.1) is 0 Å². The Hall–Kier alpha value is -2.55. The van der Waals surface area contributed by atoms with Crippen LogP contribution in [0.5, 0.6) is 0 Å². The van der Waals surface area contributed by atoms with Crippen LogP contribution in [0.3, 0.4) is 0 Å². The average molecular weight is 317 g/mol. The van der Waals surface area contributed by atoms with Crippen LogP contribution in [0.2, 0.25) is 0 Å². The van der Waals surface area contributed by atoms with Crippen molar-refractivity contribution in [1.29, 1.82) is 0 Å². The number of aryl methyl sites for hydroxylation is 1. The van der Waals surface area contributed by atoms with Gasteiger partial charge in [0.15, 0.2) is 5.82 Å². The Morgan fingerprint density at radius 1 is 1.00 bits per heavy atom. The van der Waals surface area contributed by atoms with Crippen molar-refractivity contribution in [3.8, 4) is 11.4 Å². The highest BCUT2D eigenvalue weighted by molar-refractivity contribution is 5.52. The summed E-state index contributed by atoms with van der Waals surface area (Å²) in [6, 6.07) is 12.6. The number of hydrogen-bond acceptors (Lipinski definition) is 3. The topological polar surface area (TPSA) is 38.7 Å². The highest BCUT2D eigenvalue weighted by Gasteiger charge is 2.14. The molecule has 0 unspecified atom stereocenters. The first-order valence-corrected chi connectivity index (χ1v) is 8.26. The summed E-state index contributed by atoms with van der Waals surface area (Å²) in [6.45, 7) is 8.90. The van der Waals surface area contributed by atoms with Crippen molar-refractivity contribution in [3.05, 3.63) is 77.4 Å². The first-order chi connectivity index (χ1) is 11.4. The molecule has 0 radical (unpaired) electrons. The van der Waals surface area contributed by atoms with Gasteiger partial charge in [-0.2, -0.15) is 0 Å². The van der Waals surface area contributed by atoms with Crippen molar-refractivity contribution in [2.24, 2.45) is 0 Å². The quantitative estimate of drug-likeness (QED) is 0.700. The molecular formula is C21H23N3. The maximum absolute atomic E-state index is 4.70. The Labute approximate surface area is 143 Å². The van der Waals surface area contributed by atoms with Crippen molar-refractivity contribution >= 4 is 0 Å². The molecule has 0 saturated carbocycles. The van der Waals surface area contributed by atoms with E-state index in [9.17, 15) is 0 Å². The molecule has 0 fully saturated rings. The van der Waals surface area contributed by atoms with E-state index in [1.54, 1.807) is 12.4 Å². The van der Waals surface area contributed by atoms with Gasteiger partial charge in [-0.1, -0.05) is 39.0 Å². The van der Waals surface area contributed by atoms with Gasteiger partial charge in [0, 0.05) is 36.3 Å². The maximum atomic E-state index is 4.70. The summed E-state index contributed by atoms with van der Waals surface area (Å²) >= 11 is 0. The standard InChI is InChI=1S/C21H23N3/c1-15-12-18(21(2,3)4)8-7-16(15)13-19-9-11-23-20(24-19)17-6-5-10-22-14-17/h5-12,14H,13H2,1-4H3. The van der Waals surface area contributed by atoms with Crippen molar-refractivity contribution < 1.29 is 0 Å². The molecule has 0 atom stereocenters. The number of pyridine rings is 1. The van der Waals surface area contributed by atoms with E-state index in [4.69, 9.17) is 4.98 Å². The minimum atomic E-state index is 0.172. The van der Waals surface area contributed by atoms with Gasteiger partial charge in [-0.25, -0.2) is 9.97 Å². The third-order valence-electron chi connectivity index (χ3n) is 4.21. The van der Waals surface area contributed by atoms with Crippen molar-refractivity contribution in [3.63, 3.8) is 0 Å². The first-order valence-electron chi connectivity index (χ1n) is 8.26. The maximum Gasteiger partial charge on any atom is 0.160 e. The highest BCUT2D eigenvalue weighted by Crippen LogP contribution is 2.25. The largest absolute Gasteiger partial charge is 0.264 e. The van der Waals surface area contributed by atoms with Gasteiger partial charge < -0.3 is 0 Å². The van der Waals surface area contributed by atoms with Gasteiger partial charge >= 0.3 is 0 Å². The van der Waals surface area contributed by atoms with E-state index in [0.717, 1.165) is 23.5 Å². The van der Waals surface area contributed by atoms with Crippen LogP contribution in [0.4, 0.5) is 0 Å². The molecule has 0 aliphatic rings. The third-order valence-corrected chi connectivity index (χ3v) is 4.21. The van der Waals surface area contributed by atoms with E-state index in [2.05, 4.69) is 55.9 Å². The summed E-state index contributed by atoms with van der Waals surface area (Å²) in [4.78, 5) is 13.2. The van der Waals surface area contributed by atoms with Crippen LogP contribution in [0.25, 0.3) is 11.4 Å². The molecule has 1 aromatic carbocycles. The molecule has 2 aromatic heterocycles. The van der Waals surface area contributed by atoms with E-state index >= 15 is 0 Å². The lowest BCUT2D eigenvalue weighted by atomic mass is 9.85. The Morgan fingerprint density at radius 3 is 2.50 bits per heavy atom. The monoisotopic (exact) mass is 317 g/mol. The normalized spacial score (nSPS) is 11.5. The minimum Gasteiger partial charge on any atom is -0.264 e. The Kier molecular flexibility index (Phi) is 4.43. The van der Waals surface area contributed by atoms with Crippen LogP contribution in [-0.4, -0.2) is 15.0 Å². The van der Waals surface area contributed by atoms with Gasteiger partial charge in [0.1, 0.15) is 0 Å². The fraction of sp³-hybridized carbons (Fsp3) is 0.286. The third kappa shape index (κ3) is 3.67. The van der Waals surface area contributed by atoms with E-state index in [1.807, 2.05) is 24.4 Å². The molecule has 0 saturated heterocycles. The lowest BCUT2D eigenvalue weighted by Gasteiger charge is -2.20. The fourth-order valence-electron chi connectivity index (χ4n) is 2.68. The summed E-state index contributed by atoms with van der Waals surface area (Å²) in [6.07, 6.45) is 6.19. The van der Waals surface area contributed by atoms with E-state index in [1.165, 1.54) is 16.7 Å². The second-order valence-corrected chi connectivity index (χ2v) is 7.18. The van der Waals surface area contributed by atoms with Crippen LogP contribution >= 0.6 is 0 Å². The molecule has 0 bridgehead atoms. The van der Waals surface area contributed by atoms with Crippen LogP contribution < -0.4 is 0 Å². The lowest BCUT2D eigenvalue weighted by Crippen LogP contribution is -2.11. The molecule has 3 aromatic rings. The Bertz CT molecular complexity index is 833.